The molecule has 0 atom stereocenters. The molecular formula is C8H7N5O. The van der Waals surface area contributed by atoms with Crippen LogP contribution in [-0.4, -0.2) is 12.1 Å². The van der Waals surface area contributed by atoms with Crippen LogP contribution in [0.3, 0.4) is 0 Å². The summed E-state index contributed by atoms with van der Waals surface area (Å²) in [7, 11) is 0. The van der Waals surface area contributed by atoms with Gasteiger partial charge in [0.1, 0.15) is 0 Å². The van der Waals surface area contributed by atoms with Gasteiger partial charge in [0.2, 0.25) is 0 Å². The van der Waals surface area contributed by atoms with Crippen LogP contribution in [0.5, 0.6) is 0 Å². The highest BCUT2D eigenvalue weighted by atomic mass is 16.2. The summed E-state index contributed by atoms with van der Waals surface area (Å²) in [6, 6.07) is 9.08. The van der Waals surface area contributed by atoms with Crippen LogP contribution in [0.15, 0.2) is 51.0 Å². The predicted octanol–water partition coefficient (Wildman–Crippen LogP) is 1.78. The summed E-state index contributed by atoms with van der Waals surface area (Å²) in [6.45, 7) is 0. The van der Waals surface area contributed by atoms with E-state index in [0.717, 1.165) is 0 Å². The van der Waals surface area contributed by atoms with Crippen molar-refractivity contribution in [2.24, 2.45) is 20.7 Å². The van der Waals surface area contributed by atoms with Crippen LogP contribution in [-0.2, 0) is 4.79 Å². The van der Waals surface area contributed by atoms with E-state index in [1.54, 1.807) is 12.1 Å². The Hall–Kier alpha value is -2.11. The number of hydrogen-bond acceptors (Lipinski definition) is 5. The quantitative estimate of drug-likeness (QED) is 0.756. The van der Waals surface area contributed by atoms with Gasteiger partial charge in [-0.25, -0.2) is 0 Å². The van der Waals surface area contributed by atoms with Crippen LogP contribution in [0.1, 0.15) is 0 Å². The molecule has 0 radical (unpaired) electrons. The summed E-state index contributed by atoms with van der Waals surface area (Å²) in [5.41, 5.74) is 0.704. The lowest BCUT2D eigenvalue weighted by Gasteiger charge is -2.03. The summed E-state index contributed by atoms with van der Waals surface area (Å²) in [5.74, 6) is -0.332. The van der Waals surface area contributed by atoms with Gasteiger partial charge in [-0.2, -0.15) is 0 Å². The van der Waals surface area contributed by atoms with Crippen LogP contribution < -0.4 is 5.32 Å². The molecule has 2 rings (SSSR count). The molecule has 1 amide bonds. The maximum absolute atomic E-state index is 11.4. The Balaban J connectivity index is 2.02. The highest BCUT2D eigenvalue weighted by molar-refractivity contribution is 5.94. The summed E-state index contributed by atoms with van der Waals surface area (Å²) in [6.07, 6.45) is -0.838. The topological polar surface area (TPSA) is 78.5 Å². The van der Waals surface area contributed by atoms with Crippen molar-refractivity contribution < 1.29 is 4.79 Å². The molecule has 0 spiro atoms. The third-order valence-corrected chi connectivity index (χ3v) is 1.64. The predicted molar refractivity (Wildman–Crippen MR) is 48.6 cm³/mol. The number of nitrogens with one attached hydrogen (secondary N) is 1. The van der Waals surface area contributed by atoms with Crippen molar-refractivity contribution >= 4 is 11.6 Å². The Morgan fingerprint density at radius 3 is 2.43 bits per heavy atom. The monoisotopic (exact) mass is 189 g/mol. The number of carbonyl (C=O) groups excluding carboxylic acids is 1. The van der Waals surface area contributed by atoms with Gasteiger partial charge in [-0.15, -0.1) is 10.2 Å². The van der Waals surface area contributed by atoms with E-state index in [1.807, 2.05) is 18.2 Å². The summed E-state index contributed by atoms with van der Waals surface area (Å²) < 4.78 is 0. The molecule has 1 aliphatic rings. The molecule has 0 unspecified atom stereocenters. The van der Waals surface area contributed by atoms with Crippen LogP contribution in [0.2, 0.25) is 0 Å². The van der Waals surface area contributed by atoms with Gasteiger partial charge in [0.25, 0.3) is 12.1 Å². The second-order valence-corrected chi connectivity index (χ2v) is 2.64. The first kappa shape index (κ1) is 8.49. The second kappa shape index (κ2) is 3.73. The first-order valence-corrected chi connectivity index (χ1v) is 4.02. The van der Waals surface area contributed by atoms with E-state index in [-0.39, 0.29) is 5.91 Å². The number of para-hydroxylation sites is 1. The van der Waals surface area contributed by atoms with Crippen molar-refractivity contribution in [3.05, 3.63) is 30.3 Å². The summed E-state index contributed by atoms with van der Waals surface area (Å²) in [4.78, 5) is 11.4. The van der Waals surface area contributed by atoms with Crippen molar-refractivity contribution in [2.75, 3.05) is 5.32 Å². The molecule has 0 saturated carbocycles. The van der Waals surface area contributed by atoms with Gasteiger partial charge in [0.05, 0.1) is 0 Å². The molecule has 1 N–H and O–H groups in total. The van der Waals surface area contributed by atoms with E-state index in [0.29, 0.717) is 5.69 Å². The number of hydrogen-bond donors (Lipinski definition) is 1. The molecule has 1 aromatic rings. The summed E-state index contributed by atoms with van der Waals surface area (Å²) in [5, 5.41) is 16.2. The Labute approximate surface area is 79.7 Å². The molecule has 6 nitrogen and oxygen atoms in total. The average molecular weight is 189 g/mol. The Morgan fingerprint density at radius 2 is 1.79 bits per heavy atom. The average Bonchev–Trinajstić information content (AvgIpc) is 2.72. The first-order chi connectivity index (χ1) is 6.86. The zero-order valence-electron chi connectivity index (χ0n) is 7.16. The van der Waals surface area contributed by atoms with E-state index in [4.69, 9.17) is 0 Å². The number of carbonyl (C=O) groups is 1. The first-order valence-electron chi connectivity index (χ1n) is 4.02. The van der Waals surface area contributed by atoms with Gasteiger partial charge in [0, 0.05) is 5.69 Å². The molecule has 0 saturated heterocycles. The number of rotatable bonds is 2. The lowest BCUT2D eigenvalue weighted by atomic mass is 10.3. The minimum absolute atomic E-state index is 0.332. The molecule has 6 heteroatoms. The zero-order chi connectivity index (χ0) is 9.80. The molecule has 14 heavy (non-hydrogen) atoms. The van der Waals surface area contributed by atoms with E-state index in [1.165, 1.54) is 0 Å². The Bertz CT molecular complexity index is 374. The van der Waals surface area contributed by atoms with Gasteiger partial charge in [-0.1, -0.05) is 18.2 Å². The maximum Gasteiger partial charge on any atom is 0.275 e. The van der Waals surface area contributed by atoms with Crippen LogP contribution >= 0.6 is 0 Å². The van der Waals surface area contributed by atoms with E-state index >= 15 is 0 Å². The van der Waals surface area contributed by atoms with E-state index in [9.17, 15) is 4.79 Å². The number of amides is 1. The third kappa shape index (κ3) is 1.79. The smallest absolute Gasteiger partial charge is 0.275 e. The fourth-order valence-corrected chi connectivity index (χ4v) is 1.00. The molecule has 0 fully saturated rings. The molecule has 0 aromatic heterocycles. The molecule has 1 aliphatic heterocycles. The third-order valence-electron chi connectivity index (χ3n) is 1.64. The van der Waals surface area contributed by atoms with Crippen LogP contribution in [0.4, 0.5) is 5.69 Å². The van der Waals surface area contributed by atoms with Gasteiger partial charge >= 0.3 is 0 Å². The maximum atomic E-state index is 11.4. The lowest BCUT2D eigenvalue weighted by Crippen LogP contribution is -2.22. The van der Waals surface area contributed by atoms with Crippen molar-refractivity contribution in [1.29, 1.82) is 0 Å². The largest absolute Gasteiger partial charge is 0.322 e. The molecule has 0 bridgehead atoms. The fourth-order valence-electron chi connectivity index (χ4n) is 1.00. The minimum Gasteiger partial charge on any atom is -0.322 e. The van der Waals surface area contributed by atoms with E-state index in [2.05, 4.69) is 26.0 Å². The van der Waals surface area contributed by atoms with Gasteiger partial charge < -0.3 is 5.32 Å². The molecule has 0 aliphatic carbocycles. The van der Waals surface area contributed by atoms with Crippen LogP contribution in [0, 0.1) is 0 Å². The molecule has 1 heterocycles. The molecule has 1 aromatic carbocycles. The fraction of sp³-hybridized carbons (Fsp3) is 0.125. The van der Waals surface area contributed by atoms with Crippen molar-refractivity contribution in [3.63, 3.8) is 0 Å². The van der Waals surface area contributed by atoms with Crippen molar-refractivity contribution in [3.8, 4) is 0 Å². The Morgan fingerprint density at radius 1 is 1.14 bits per heavy atom. The number of benzene rings is 1. The standard InChI is InChI=1S/C8H7N5O/c14-8(7-10-12-13-11-7)9-6-4-2-1-3-5-6/h1-5,7H,(H,9,14). The van der Waals surface area contributed by atoms with Crippen molar-refractivity contribution in [2.45, 2.75) is 6.17 Å². The number of nitrogens with zero attached hydrogens (tertiary/aromatic N) is 4. The highest BCUT2D eigenvalue weighted by Crippen LogP contribution is 2.10. The molecule has 70 valence electrons. The zero-order valence-corrected chi connectivity index (χ0v) is 7.16. The van der Waals surface area contributed by atoms with Crippen molar-refractivity contribution in [1.82, 2.24) is 0 Å². The minimum atomic E-state index is -0.838. The lowest BCUT2D eigenvalue weighted by molar-refractivity contribution is -0.117. The SMILES string of the molecule is O=C(Nc1ccccc1)C1N=NN=N1. The normalized spacial score (nSPS) is 14.6. The van der Waals surface area contributed by atoms with Gasteiger partial charge in [-0.3, -0.25) is 4.79 Å². The molecular weight excluding hydrogens is 182 g/mol. The van der Waals surface area contributed by atoms with Gasteiger partial charge in [0.15, 0.2) is 0 Å². The highest BCUT2D eigenvalue weighted by Gasteiger charge is 2.19. The van der Waals surface area contributed by atoms with Gasteiger partial charge in [-0.05, 0) is 22.6 Å². The van der Waals surface area contributed by atoms with E-state index < -0.39 is 6.17 Å². The number of anilines is 1. The second-order valence-electron chi connectivity index (χ2n) is 2.64. The summed E-state index contributed by atoms with van der Waals surface area (Å²) >= 11 is 0. The van der Waals surface area contributed by atoms with Crippen LogP contribution in [0.25, 0.3) is 0 Å². The Kier molecular flexibility index (Phi) is 2.26.